The average molecular weight is 201 g/mol. The molecule has 2 rings (SSSR count). The first kappa shape index (κ1) is 10.2. The highest BCUT2D eigenvalue weighted by Gasteiger charge is 2.37. The fourth-order valence-corrected chi connectivity index (χ4v) is 2.37. The molecule has 1 heterocycles. The van der Waals surface area contributed by atoms with E-state index in [0.29, 0.717) is 6.42 Å². The monoisotopic (exact) mass is 201 g/mol. The Bertz CT molecular complexity index is 368. The van der Waals surface area contributed by atoms with Crippen LogP contribution < -0.4 is 0 Å². The summed E-state index contributed by atoms with van der Waals surface area (Å²) in [5, 5.41) is 10.3. The number of aliphatic hydroxyl groups is 1. The summed E-state index contributed by atoms with van der Waals surface area (Å²) >= 11 is 0. The Morgan fingerprint density at radius 2 is 2.13 bits per heavy atom. The van der Waals surface area contributed by atoms with Gasteiger partial charge in [-0.25, -0.2) is 0 Å². The summed E-state index contributed by atoms with van der Waals surface area (Å²) in [5.74, 6) is 2.63. The SMILES string of the molecule is C#CC1(O)CCCCC1c1ccncc1. The summed E-state index contributed by atoms with van der Waals surface area (Å²) in [7, 11) is 0. The van der Waals surface area contributed by atoms with E-state index in [1.54, 1.807) is 12.4 Å². The molecule has 0 spiro atoms. The lowest BCUT2D eigenvalue weighted by molar-refractivity contribution is 0.0383. The normalized spacial score (nSPS) is 30.8. The average Bonchev–Trinajstić information content (AvgIpc) is 2.31. The minimum absolute atomic E-state index is 0.0687. The van der Waals surface area contributed by atoms with Gasteiger partial charge >= 0.3 is 0 Å². The van der Waals surface area contributed by atoms with Crippen molar-refractivity contribution in [3.05, 3.63) is 30.1 Å². The van der Waals surface area contributed by atoms with Gasteiger partial charge in [-0.1, -0.05) is 12.3 Å². The van der Waals surface area contributed by atoms with Crippen LogP contribution in [0.1, 0.15) is 37.2 Å². The zero-order valence-electron chi connectivity index (χ0n) is 8.69. The first-order valence-corrected chi connectivity index (χ1v) is 5.36. The fourth-order valence-electron chi connectivity index (χ4n) is 2.37. The summed E-state index contributed by atoms with van der Waals surface area (Å²) in [5.41, 5.74) is 0.143. The van der Waals surface area contributed by atoms with Gasteiger partial charge in [-0.15, -0.1) is 6.42 Å². The van der Waals surface area contributed by atoms with Crippen LogP contribution in [-0.2, 0) is 0 Å². The summed E-state index contributed by atoms with van der Waals surface area (Å²) in [6.45, 7) is 0. The molecule has 2 nitrogen and oxygen atoms in total. The van der Waals surface area contributed by atoms with E-state index in [0.717, 1.165) is 24.8 Å². The van der Waals surface area contributed by atoms with Gasteiger partial charge in [0.25, 0.3) is 0 Å². The molecule has 1 fully saturated rings. The van der Waals surface area contributed by atoms with E-state index in [1.165, 1.54) is 0 Å². The number of pyridine rings is 1. The Labute approximate surface area is 90.4 Å². The second-order valence-corrected chi connectivity index (χ2v) is 4.15. The maximum Gasteiger partial charge on any atom is 0.132 e. The van der Waals surface area contributed by atoms with Crippen molar-refractivity contribution in [3.8, 4) is 12.3 Å². The molecule has 0 saturated heterocycles. The molecule has 1 N–H and O–H groups in total. The van der Waals surface area contributed by atoms with Crippen LogP contribution in [0.15, 0.2) is 24.5 Å². The van der Waals surface area contributed by atoms with Crippen LogP contribution in [0.3, 0.4) is 0 Å². The Morgan fingerprint density at radius 3 is 2.80 bits per heavy atom. The molecule has 0 amide bonds. The molecule has 1 saturated carbocycles. The Hall–Kier alpha value is -1.33. The van der Waals surface area contributed by atoms with Crippen molar-refractivity contribution in [2.75, 3.05) is 0 Å². The summed E-state index contributed by atoms with van der Waals surface area (Å²) in [4.78, 5) is 3.98. The van der Waals surface area contributed by atoms with Crippen LogP contribution in [0, 0.1) is 12.3 Å². The van der Waals surface area contributed by atoms with Crippen molar-refractivity contribution in [1.29, 1.82) is 0 Å². The van der Waals surface area contributed by atoms with Crippen LogP contribution in [0.2, 0.25) is 0 Å². The molecular formula is C13H15NO. The van der Waals surface area contributed by atoms with Gasteiger partial charge in [-0.05, 0) is 37.0 Å². The highest BCUT2D eigenvalue weighted by molar-refractivity contribution is 5.27. The second-order valence-electron chi connectivity index (χ2n) is 4.15. The van der Waals surface area contributed by atoms with Gasteiger partial charge in [0.1, 0.15) is 5.60 Å². The predicted octanol–water partition coefficient (Wildman–Crippen LogP) is 2.10. The highest BCUT2D eigenvalue weighted by Crippen LogP contribution is 2.40. The van der Waals surface area contributed by atoms with Crippen molar-refractivity contribution in [1.82, 2.24) is 4.98 Å². The van der Waals surface area contributed by atoms with Gasteiger partial charge in [-0.2, -0.15) is 0 Å². The fraction of sp³-hybridized carbons (Fsp3) is 0.462. The number of hydrogen-bond donors (Lipinski definition) is 1. The molecule has 1 aromatic rings. The predicted molar refractivity (Wildman–Crippen MR) is 59.2 cm³/mol. The minimum Gasteiger partial charge on any atom is -0.377 e. The summed E-state index contributed by atoms with van der Waals surface area (Å²) in [6.07, 6.45) is 12.8. The molecule has 0 bridgehead atoms. The Morgan fingerprint density at radius 1 is 1.40 bits per heavy atom. The van der Waals surface area contributed by atoms with E-state index in [-0.39, 0.29) is 5.92 Å². The molecule has 78 valence electrons. The first-order chi connectivity index (χ1) is 7.26. The maximum absolute atomic E-state index is 10.3. The van der Waals surface area contributed by atoms with Crippen LogP contribution >= 0.6 is 0 Å². The van der Waals surface area contributed by atoms with Crippen LogP contribution in [-0.4, -0.2) is 15.7 Å². The lowest BCUT2D eigenvalue weighted by Gasteiger charge is -2.36. The largest absolute Gasteiger partial charge is 0.377 e. The third-order valence-corrected chi connectivity index (χ3v) is 3.24. The third-order valence-electron chi connectivity index (χ3n) is 3.24. The summed E-state index contributed by atoms with van der Waals surface area (Å²) in [6, 6.07) is 3.89. The zero-order valence-corrected chi connectivity index (χ0v) is 8.69. The van der Waals surface area contributed by atoms with E-state index in [1.807, 2.05) is 12.1 Å². The molecule has 0 aliphatic heterocycles. The maximum atomic E-state index is 10.3. The number of nitrogens with zero attached hydrogens (tertiary/aromatic N) is 1. The van der Waals surface area contributed by atoms with Crippen molar-refractivity contribution >= 4 is 0 Å². The molecule has 1 aliphatic rings. The summed E-state index contributed by atoms with van der Waals surface area (Å²) < 4.78 is 0. The smallest absolute Gasteiger partial charge is 0.132 e. The highest BCUT2D eigenvalue weighted by atomic mass is 16.3. The molecule has 15 heavy (non-hydrogen) atoms. The van der Waals surface area contributed by atoms with Crippen molar-refractivity contribution in [3.63, 3.8) is 0 Å². The van der Waals surface area contributed by atoms with Crippen molar-refractivity contribution in [2.24, 2.45) is 0 Å². The van der Waals surface area contributed by atoms with Crippen molar-refractivity contribution in [2.45, 2.75) is 37.2 Å². The van der Waals surface area contributed by atoms with Crippen LogP contribution in [0.5, 0.6) is 0 Å². The topological polar surface area (TPSA) is 33.1 Å². The lowest BCUT2D eigenvalue weighted by Crippen LogP contribution is -2.37. The Balaban J connectivity index is 2.31. The second kappa shape index (κ2) is 4.04. The third kappa shape index (κ3) is 1.88. The van der Waals surface area contributed by atoms with Gasteiger partial charge in [0.05, 0.1) is 0 Å². The number of terminal acetylenes is 1. The van der Waals surface area contributed by atoms with E-state index in [4.69, 9.17) is 6.42 Å². The van der Waals surface area contributed by atoms with E-state index < -0.39 is 5.60 Å². The van der Waals surface area contributed by atoms with Gasteiger partial charge < -0.3 is 5.11 Å². The van der Waals surface area contributed by atoms with Gasteiger partial charge in [0.15, 0.2) is 0 Å². The van der Waals surface area contributed by atoms with E-state index >= 15 is 0 Å². The van der Waals surface area contributed by atoms with Gasteiger partial charge in [-0.3, -0.25) is 4.98 Å². The van der Waals surface area contributed by atoms with E-state index in [9.17, 15) is 5.11 Å². The number of aromatic nitrogens is 1. The van der Waals surface area contributed by atoms with Gasteiger partial charge in [0, 0.05) is 18.3 Å². The Kier molecular flexibility index (Phi) is 2.75. The molecule has 1 aromatic heterocycles. The van der Waals surface area contributed by atoms with Gasteiger partial charge in [0.2, 0.25) is 0 Å². The number of rotatable bonds is 1. The quantitative estimate of drug-likeness (QED) is 0.706. The standard InChI is InChI=1S/C13H15NO/c1-2-13(15)8-4-3-5-12(13)11-6-9-14-10-7-11/h1,6-7,9-10,12,15H,3-5,8H2. The van der Waals surface area contributed by atoms with Crippen LogP contribution in [0.25, 0.3) is 0 Å². The lowest BCUT2D eigenvalue weighted by atomic mass is 9.73. The van der Waals surface area contributed by atoms with Crippen molar-refractivity contribution < 1.29 is 5.11 Å². The van der Waals surface area contributed by atoms with Crippen LogP contribution in [0.4, 0.5) is 0 Å². The number of hydrogen-bond acceptors (Lipinski definition) is 2. The first-order valence-electron chi connectivity index (χ1n) is 5.36. The zero-order chi connectivity index (χ0) is 10.7. The van der Waals surface area contributed by atoms with E-state index in [2.05, 4.69) is 10.9 Å². The molecular weight excluding hydrogens is 186 g/mol. The molecule has 2 atom stereocenters. The molecule has 0 radical (unpaired) electrons. The minimum atomic E-state index is -0.959. The molecule has 2 heteroatoms. The molecule has 1 aliphatic carbocycles. The molecule has 0 aromatic carbocycles. The molecule has 2 unspecified atom stereocenters.